The quantitative estimate of drug-likeness (QED) is 0.367. The lowest BCUT2D eigenvalue weighted by Gasteiger charge is -2.17. The molecule has 2 aromatic carbocycles. The van der Waals surface area contributed by atoms with Crippen LogP contribution in [0.15, 0.2) is 66.4 Å². The fourth-order valence-corrected chi connectivity index (χ4v) is 3.18. The second-order valence-corrected chi connectivity index (χ2v) is 7.18. The first kappa shape index (κ1) is 21.5. The molecule has 3 aromatic rings. The van der Waals surface area contributed by atoms with Crippen molar-refractivity contribution in [3.05, 3.63) is 94.5 Å². The molecule has 1 aromatic heterocycles. The van der Waals surface area contributed by atoms with Crippen molar-refractivity contribution in [2.24, 2.45) is 4.99 Å². The first-order valence-electron chi connectivity index (χ1n) is 9.53. The van der Waals surface area contributed by atoms with Crippen LogP contribution in [0.25, 0.3) is 5.70 Å². The molecule has 154 valence electrons. The Hall–Kier alpha value is -3.18. The van der Waals surface area contributed by atoms with Gasteiger partial charge in [0.25, 0.3) is 0 Å². The maximum atomic E-state index is 13.6. The standard InChI is InChI=1S/C24H23ClFN3O/c1-5-30-23-13-20(15(2)11-16(23)3)24(28-17(4)18-7-6-10-27-14-18)29-19-8-9-22(26)21(25)12-19/h6-14H,4-5H2,1-3H3,(H,28,29). The van der Waals surface area contributed by atoms with Gasteiger partial charge in [0, 0.05) is 29.2 Å². The summed E-state index contributed by atoms with van der Waals surface area (Å²) in [5, 5.41) is 3.28. The number of aromatic nitrogens is 1. The first-order chi connectivity index (χ1) is 14.4. The van der Waals surface area contributed by atoms with E-state index in [-0.39, 0.29) is 5.02 Å². The second-order valence-electron chi connectivity index (χ2n) is 6.77. The molecule has 6 heteroatoms. The normalized spacial score (nSPS) is 11.3. The van der Waals surface area contributed by atoms with Gasteiger partial charge >= 0.3 is 0 Å². The zero-order valence-electron chi connectivity index (χ0n) is 17.2. The highest BCUT2D eigenvalue weighted by Crippen LogP contribution is 2.26. The van der Waals surface area contributed by atoms with Gasteiger partial charge in [-0.3, -0.25) is 4.98 Å². The molecule has 0 saturated heterocycles. The zero-order chi connectivity index (χ0) is 21.7. The highest BCUT2D eigenvalue weighted by atomic mass is 35.5. The average Bonchev–Trinajstić information content (AvgIpc) is 2.73. The van der Waals surface area contributed by atoms with Crippen LogP contribution in [0.4, 0.5) is 10.1 Å². The highest BCUT2D eigenvalue weighted by molar-refractivity contribution is 6.31. The number of aliphatic imine (C=N–C) groups is 1. The SMILES string of the molecule is C=C(/N=C(/Nc1ccc(F)c(Cl)c1)c1cc(OCC)c(C)cc1C)c1cccnc1. The van der Waals surface area contributed by atoms with Crippen LogP contribution < -0.4 is 10.1 Å². The minimum absolute atomic E-state index is 0.0288. The summed E-state index contributed by atoms with van der Waals surface area (Å²) < 4.78 is 19.4. The van der Waals surface area contributed by atoms with Gasteiger partial charge < -0.3 is 10.1 Å². The fraction of sp³-hybridized carbons (Fsp3) is 0.167. The van der Waals surface area contributed by atoms with Gasteiger partial charge in [-0.05, 0) is 68.3 Å². The van der Waals surface area contributed by atoms with Crippen molar-refractivity contribution in [2.45, 2.75) is 20.8 Å². The number of rotatable bonds is 6. The summed E-state index contributed by atoms with van der Waals surface area (Å²) in [6.07, 6.45) is 3.39. The minimum atomic E-state index is -0.481. The molecule has 1 N–H and O–H groups in total. The topological polar surface area (TPSA) is 46.5 Å². The molecule has 0 amide bonds. The molecule has 3 rings (SSSR count). The minimum Gasteiger partial charge on any atom is -0.494 e. The Morgan fingerprint density at radius 2 is 2.00 bits per heavy atom. The maximum Gasteiger partial charge on any atom is 0.141 e. The average molecular weight is 424 g/mol. The number of nitrogens with zero attached hydrogens (tertiary/aromatic N) is 2. The summed E-state index contributed by atoms with van der Waals surface area (Å²) in [5.41, 5.74) is 4.83. The predicted molar refractivity (Wildman–Crippen MR) is 122 cm³/mol. The lowest BCUT2D eigenvalue weighted by Crippen LogP contribution is -2.16. The Bertz CT molecular complexity index is 1100. The molecule has 0 saturated carbocycles. The van der Waals surface area contributed by atoms with Gasteiger partial charge in [0.2, 0.25) is 0 Å². The van der Waals surface area contributed by atoms with Crippen LogP contribution in [0.2, 0.25) is 5.02 Å². The van der Waals surface area contributed by atoms with Crippen LogP contribution in [-0.2, 0) is 0 Å². The van der Waals surface area contributed by atoms with Crippen molar-refractivity contribution < 1.29 is 9.13 Å². The molecular weight excluding hydrogens is 401 g/mol. The van der Waals surface area contributed by atoms with Crippen LogP contribution >= 0.6 is 11.6 Å². The number of halogens is 2. The van der Waals surface area contributed by atoms with Gasteiger partial charge in [0.1, 0.15) is 17.4 Å². The molecule has 0 bridgehead atoms. The Balaban J connectivity index is 2.09. The molecule has 0 aliphatic carbocycles. The largest absolute Gasteiger partial charge is 0.494 e. The number of pyridine rings is 1. The Morgan fingerprint density at radius 3 is 2.67 bits per heavy atom. The smallest absolute Gasteiger partial charge is 0.141 e. The highest BCUT2D eigenvalue weighted by Gasteiger charge is 2.14. The zero-order valence-corrected chi connectivity index (χ0v) is 17.9. The number of hydrogen-bond donors (Lipinski definition) is 1. The number of aryl methyl sites for hydroxylation is 2. The monoisotopic (exact) mass is 423 g/mol. The van der Waals surface area contributed by atoms with Crippen LogP contribution in [0.5, 0.6) is 5.75 Å². The number of benzene rings is 2. The lowest BCUT2D eigenvalue weighted by atomic mass is 10.0. The Morgan fingerprint density at radius 1 is 1.20 bits per heavy atom. The predicted octanol–water partition coefficient (Wildman–Crippen LogP) is 6.42. The van der Waals surface area contributed by atoms with Gasteiger partial charge in [-0.15, -0.1) is 0 Å². The van der Waals surface area contributed by atoms with Crippen molar-refractivity contribution in [3.8, 4) is 5.75 Å². The van der Waals surface area contributed by atoms with Crippen molar-refractivity contribution in [2.75, 3.05) is 11.9 Å². The van der Waals surface area contributed by atoms with Gasteiger partial charge in [-0.2, -0.15) is 0 Å². The van der Waals surface area contributed by atoms with Gasteiger partial charge in [-0.25, -0.2) is 9.38 Å². The van der Waals surface area contributed by atoms with E-state index >= 15 is 0 Å². The van der Waals surface area contributed by atoms with E-state index < -0.39 is 5.82 Å². The lowest BCUT2D eigenvalue weighted by molar-refractivity contribution is 0.338. The molecule has 0 atom stereocenters. The third kappa shape index (κ3) is 5.05. The third-order valence-corrected chi connectivity index (χ3v) is 4.79. The van der Waals surface area contributed by atoms with E-state index in [0.29, 0.717) is 23.8 Å². The molecule has 1 heterocycles. The van der Waals surface area contributed by atoms with E-state index in [1.807, 2.05) is 45.0 Å². The molecule has 0 spiro atoms. The summed E-state index contributed by atoms with van der Waals surface area (Å²) in [6, 6.07) is 12.1. The van der Waals surface area contributed by atoms with Gasteiger partial charge in [0.05, 0.1) is 17.3 Å². The first-order valence-corrected chi connectivity index (χ1v) is 9.91. The van der Waals surface area contributed by atoms with Crippen LogP contribution in [-0.4, -0.2) is 17.4 Å². The van der Waals surface area contributed by atoms with Crippen molar-refractivity contribution in [1.29, 1.82) is 0 Å². The number of hydrogen-bond acceptors (Lipinski definition) is 3. The molecule has 30 heavy (non-hydrogen) atoms. The Kier molecular flexibility index (Phi) is 6.85. The van der Waals surface area contributed by atoms with Crippen LogP contribution in [0.1, 0.15) is 29.2 Å². The van der Waals surface area contributed by atoms with E-state index in [1.165, 1.54) is 12.1 Å². The molecule has 0 aliphatic heterocycles. The van der Waals surface area contributed by atoms with Crippen molar-refractivity contribution in [1.82, 2.24) is 4.98 Å². The summed E-state index contributed by atoms with van der Waals surface area (Å²) in [6.45, 7) is 10.6. The van der Waals surface area contributed by atoms with Crippen molar-refractivity contribution in [3.63, 3.8) is 0 Å². The molecule has 0 aliphatic rings. The summed E-state index contributed by atoms with van der Waals surface area (Å²) in [4.78, 5) is 8.86. The maximum absolute atomic E-state index is 13.6. The number of amidine groups is 1. The molecule has 0 radical (unpaired) electrons. The molecule has 0 fully saturated rings. The summed E-state index contributed by atoms with van der Waals surface area (Å²) in [7, 11) is 0. The van der Waals surface area contributed by atoms with E-state index in [4.69, 9.17) is 21.3 Å². The summed E-state index contributed by atoms with van der Waals surface area (Å²) >= 11 is 5.96. The van der Waals surface area contributed by atoms with E-state index in [0.717, 1.165) is 28.0 Å². The molecule has 0 unspecified atom stereocenters. The number of ether oxygens (including phenoxy) is 1. The summed E-state index contributed by atoms with van der Waals surface area (Å²) in [5.74, 6) is 0.840. The third-order valence-electron chi connectivity index (χ3n) is 4.50. The van der Waals surface area contributed by atoms with E-state index in [1.54, 1.807) is 18.5 Å². The van der Waals surface area contributed by atoms with Crippen LogP contribution in [0, 0.1) is 19.7 Å². The Labute approximate surface area is 181 Å². The molecule has 4 nitrogen and oxygen atoms in total. The number of anilines is 1. The van der Waals surface area contributed by atoms with Crippen molar-refractivity contribution >= 4 is 28.8 Å². The van der Waals surface area contributed by atoms with E-state index in [2.05, 4.69) is 16.9 Å². The second kappa shape index (κ2) is 9.55. The number of nitrogens with one attached hydrogen (secondary N) is 1. The van der Waals surface area contributed by atoms with Gasteiger partial charge in [0.15, 0.2) is 0 Å². The van der Waals surface area contributed by atoms with Gasteiger partial charge in [-0.1, -0.05) is 24.2 Å². The fourth-order valence-electron chi connectivity index (χ4n) is 3.00. The van der Waals surface area contributed by atoms with E-state index in [9.17, 15) is 4.39 Å². The van der Waals surface area contributed by atoms with Crippen LogP contribution in [0.3, 0.4) is 0 Å². The molecular formula is C24H23ClFN3O.